The largest absolute Gasteiger partial charge is 0.379 e. The van der Waals surface area contributed by atoms with Crippen LogP contribution in [-0.4, -0.2) is 39.1 Å². The molecule has 0 unspecified atom stereocenters. The summed E-state index contributed by atoms with van der Waals surface area (Å²) in [4.78, 5) is 26.8. The molecular formula is C17H16N8O. The minimum Gasteiger partial charge on any atom is -0.379 e. The van der Waals surface area contributed by atoms with Crippen LogP contribution in [0, 0.1) is 11.3 Å². The second-order valence-corrected chi connectivity index (χ2v) is 6.01. The molecule has 0 spiro atoms. The zero-order valence-electron chi connectivity index (χ0n) is 13.8. The Morgan fingerprint density at radius 3 is 3.00 bits per heavy atom. The first kappa shape index (κ1) is 16.0. The first-order valence-electron chi connectivity index (χ1n) is 8.22. The molecule has 0 aliphatic carbocycles. The third kappa shape index (κ3) is 3.31. The minimum absolute atomic E-state index is 0.199. The third-order valence-corrected chi connectivity index (χ3v) is 4.14. The lowest BCUT2D eigenvalue weighted by Crippen LogP contribution is -2.22. The fourth-order valence-corrected chi connectivity index (χ4v) is 2.87. The molecule has 4 heterocycles. The molecule has 0 bridgehead atoms. The number of aromatic nitrogens is 4. The van der Waals surface area contributed by atoms with Crippen LogP contribution in [0.1, 0.15) is 12.1 Å². The zero-order valence-corrected chi connectivity index (χ0v) is 13.8. The molecule has 1 atom stereocenters. The van der Waals surface area contributed by atoms with Crippen LogP contribution in [0.5, 0.6) is 0 Å². The third-order valence-electron chi connectivity index (χ3n) is 4.14. The summed E-state index contributed by atoms with van der Waals surface area (Å²) in [5.74, 6) is 0.379. The van der Waals surface area contributed by atoms with Crippen molar-refractivity contribution >= 4 is 28.4 Å². The second-order valence-electron chi connectivity index (χ2n) is 6.01. The molecule has 3 aromatic rings. The van der Waals surface area contributed by atoms with Crippen LogP contribution in [0.4, 0.5) is 17.3 Å². The van der Waals surface area contributed by atoms with E-state index in [4.69, 9.17) is 0 Å². The fourth-order valence-electron chi connectivity index (χ4n) is 2.87. The van der Waals surface area contributed by atoms with Crippen LogP contribution in [-0.2, 0) is 0 Å². The van der Waals surface area contributed by atoms with Crippen molar-refractivity contribution in [3.8, 4) is 6.07 Å². The number of pyridine rings is 2. The molecule has 0 radical (unpaired) electrons. The Hall–Kier alpha value is -3.51. The molecule has 1 aliphatic heterocycles. The van der Waals surface area contributed by atoms with Crippen LogP contribution in [0.2, 0.25) is 0 Å². The summed E-state index contributed by atoms with van der Waals surface area (Å²) in [7, 11) is 0. The molecule has 4 N–H and O–H groups in total. The summed E-state index contributed by atoms with van der Waals surface area (Å²) >= 11 is 0. The number of nitriles is 1. The molecule has 1 fully saturated rings. The fraction of sp³-hybridized carbons (Fsp3) is 0.235. The molecule has 9 nitrogen and oxygen atoms in total. The van der Waals surface area contributed by atoms with Gasteiger partial charge in [0.15, 0.2) is 5.69 Å². The number of hydrogen-bond acceptors (Lipinski definition) is 8. The molecule has 1 saturated heterocycles. The minimum atomic E-state index is -0.199. The number of H-pyrrole nitrogens is 1. The predicted molar refractivity (Wildman–Crippen MR) is 97.3 cm³/mol. The Morgan fingerprint density at radius 1 is 1.27 bits per heavy atom. The molecular weight excluding hydrogens is 332 g/mol. The standard InChI is InChI=1S/C17H16N8O/c18-6-14-13(22-10-3-4-19-7-10)5-11(8-20-14)23-17-21-9-15-12(25-17)1-2-16(26)24-15/h1-2,5,8-10,19,22H,3-4,7H2,(H,24,26)(H,21,23,25)/t10-/m1/s1. The van der Waals surface area contributed by atoms with E-state index in [1.54, 1.807) is 18.5 Å². The van der Waals surface area contributed by atoms with Crippen molar-refractivity contribution in [1.29, 1.82) is 5.26 Å². The van der Waals surface area contributed by atoms with Crippen molar-refractivity contribution in [3.05, 3.63) is 46.6 Å². The van der Waals surface area contributed by atoms with E-state index in [-0.39, 0.29) is 11.6 Å². The van der Waals surface area contributed by atoms with Gasteiger partial charge in [-0.3, -0.25) is 4.79 Å². The Balaban J connectivity index is 1.60. The number of anilines is 3. The van der Waals surface area contributed by atoms with Gasteiger partial charge in [0.25, 0.3) is 0 Å². The monoisotopic (exact) mass is 348 g/mol. The molecule has 26 heavy (non-hydrogen) atoms. The first-order valence-corrected chi connectivity index (χ1v) is 8.22. The number of nitrogens with zero attached hydrogens (tertiary/aromatic N) is 4. The van der Waals surface area contributed by atoms with E-state index in [1.165, 1.54) is 6.07 Å². The van der Waals surface area contributed by atoms with Gasteiger partial charge in [-0.2, -0.15) is 5.26 Å². The van der Waals surface area contributed by atoms with Gasteiger partial charge in [0.05, 0.1) is 34.8 Å². The molecule has 0 amide bonds. The Kier molecular flexibility index (Phi) is 4.17. The highest BCUT2D eigenvalue weighted by atomic mass is 16.1. The van der Waals surface area contributed by atoms with Crippen molar-refractivity contribution in [2.75, 3.05) is 23.7 Å². The maximum absolute atomic E-state index is 11.3. The predicted octanol–water partition coefficient (Wildman–Crippen LogP) is 1.10. The van der Waals surface area contributed by atoms with Crippen molar-refractivity contribution in [2.24, 2.45) is 0 Å². The summed E-state index contributed by atoms with van der Waals surface area (Å²) in [5, 5.41) is 19.0. The average molecular weight is 348 g/mol. The van der Waals surface area contributed by atoms with Crippen LogP contribution in [0.3, 0.4) is 0 Å². The topological polar surface area (TPSA) is 131 Å². The van der Waals surface area contributed by atoms with Crippen LogP contribution in [0.15, 0.2) is 35.4 Å². The highest BCUT2D eigenvalue weighted by Gasteiger charge is 2.16. The van der Waals surface area contributed by atoms with Crippen molar-refractivity contribution in [1.82, 2.24) is 25.3 Å². The van der Waals surface area contributed by atoms with E-state index in [0.717, 1.165) is 19.5 Å². The van der Waals surface area contributed by atoms with Gasteiger partial charge in [0.2, 0.25) is 11.5 Å². The maximum atomic E-state index is 11.3. The number of nitrogens with one attached hydrogen (secondary N) is 4. The van der Waals surface area contributed by atoms with E-state index in [1.807, 2.05) is 6.07 Å². The number of rotatable bonds is 4. The summed E-state index contributed by atoms with van der Waals surface area (Å²) in [6.07, 6.45) is 4.11. The van der Waals surface area contributed by atoms with Crippen LogP contribution >= 0.6 is 0 Å². The van der Waals surface area contributed by atoms with Crippen LogP contribution < -0.4 is 21.5 Å². The van der Waals surface area contributed by atoms with Crippen molar-refractivity contribution in [2.45, 2.75) is 12.5 Å². The lowest BCUT2D eigenvalue weighted by molar-refractivity contribution is 0.792. The molecule has 0 saturated carbocycles. The lowest BCUT2D eigenvalue weighted by Gasteiger charge is -2.15. The summed E-state index contributed by atoms with van der Waals surface area (Å²) in [5.41, 5.74) is 2.68. The Labute approximate surface area is 148 Å². The molecule has 1 aliphatic rings. The quantitative estimate of drug-likeness (QED) is 0.551. The van der Waals surface area contributed by atoms with Gasteiger partial charge in [0.1, 0.15) is 6.07 Å². The summed E-state index contributed by atoms with van der Waals surface area (Å²) < 4.78 is 0. The van der Waals surface area contributed by atoms with Crippen LogP contribution in [0.25, 0.3) is 11.0 Å². The maximum Gasteiger partial charge on any atom is 0.248 e. The average Bonchev–Trinajstić information content (AvgIpc) is 3.15. The van der Waals surface area contributed by atoms with Gasteiger partial charge in [-0.05, 0) is 25.1 Å². The van der Waals surface area contributed by atoms with E-state index in [0.29, 0.717) is 34.1 Å². The second kappa shape index (κ2) is 6.78. The Morgan fingerprint density at radius 2 is 2.19 bits per heavy atom. The molecule has 9 heteroatoms. The summed E-state index contributed by atoms with van der Waals surface area (Å²) in [6.45, 7) is 1.81. The number of fused-ring (bicyclic) bond motifs is 1. The van der Waals surface area contributed by atoms with E-state index in [9.17, 15) is 10.1 Å². The van der Waals surface area contributed by atoms with Gasteiger partial charge in [-0.15, -0.1) is 0 Å². The SMILES string of the molecule is N#Cc1ncc(Nc2ncc3[nH]c(=O)ccc3n2)cc1N[C@@H]1CCNC1. The van der Waals surface area contributed by atoms with E-state index >= 15 is 0 Å². The number of hydrogen-bond donors (Lipinski definition) is 4. The van der Waals surface area contributed by atoms with Gasteiger partial charge >= 0.3 is 0 Å². The smallest absolute Gasteiger partial charge is 0.248 e. The van der Waals surface area contributed by atoms with Gasteiger partial charge in [-0.25, -0.2) is 15.0 Å². The molecule has 130 valence electrons. The molecule has 0 aromatic carbocycles. The van der Waals surface area contributed by atoms with Gasteiger partial charge in [0, 0.05) is 18.7 Å². The van der Waals surface area contributed by atoms with Crippen molar-refractivity contribution < 1.29 is 0 Å². The zero-order chi connectivity index (χ0) is 17.9. The van der Waals surface area contributed by atoms with Gasteiger partial charge < -0.3 is 20.9 Å². The van der Waals surface area contributed by atoms with Crippen molar-refractivity contribution in [3.63, 3.8) is 0 Å². The van der Waals surface area contributed by atoms with E-state index < -0.39 is 0 Å². The first-order chi connectivity index (χ1) is 12.7. The highest BCUT2D eigenvalue weighted by molar-refractivity contribution is 5.74. The molecule has 4 rings (SSSR count). The lowest BCUT2D eigenvalue weighted by atomic mass is 10.2. The summed E-state index contributed by atoms with van der Waals surface area (Å²) in [6, 6.07) is 7.25. The normalized spacial score (nSPS) is 16.3. The number of aromatic amines is 1. The van der Waals surface area contributed by atoms with E-state index in [2.05, 4.69) is 42.0 Å². The highest BCUT2D eigenvalue weighted by Crippen LogP contribution is 2.22. The Bertz CT molecular complexity index is 1050. The molecule has 3 aromatic heterocycles. The van der Waals surface area contributed by atoms with Gasteiger partial charge in [-0.1, -0.05) is 0 Å².